The highest BCUT2D eigenvalue weighted by Crippen LogP contribution is 2.10. The van der Waals surface area contributed by atoms with E-state index in [4.69, 9.17) is 10.2 Å². The number of hydrogen-bond donors (Lipinski definition) is 3. The number of nitrogens with one attached hydrogen (secondary N) is 1. The first-order chi connectivity index (χ1) is 6.76. The molecule has 0 aromatic rings. The molecule has 0 fully saturated rings. The number of aliphatic hydroxyl groups excluding tert-OH is 2. The molecule has 0 saturated heterocycles. The lowest BCUT2D eigenvalue weighted by molar-refractivity contribution is 0.273. The van der Waals surface area contributed by atoms with Crippen LogP contribution in [0.25, 0.3) is 0 Å². The second-order valence-corrected chi connectivity index (χ2v) is 4.56. The lowest BCUT2D eigenvalue weighted by Crippen LogP contribution is -2.37. The predicted octanol–water partition coefficient (Wildman–Crippen LogP) is 0.851. The van der Waals surface area contributed by atoms with Crippen molar-refractivity contribution in [2.75, 3.05) is 26.0 Å². The maximum Gasteiger partial charge on any atom is 0.0564 e. The predicted molar refractivity (Wildman–Crippen MR) is 62.8 cm³/mol. The molecular weight excluding hydrogens is 198 g/mol. The number of unbranched alkanes of at least 4 members (excludes halogenated alkanes) is 2. The molecule has 0 amide bonds. The third-order valence-corrected chi connectivity index (χ3v) is 3.50. The Balaban J connectivity index is 3.37. The number of aliphatic hydroxyl groups is 2. The standard InChI is InChI=1S/C10H23NO2S/c1-9(10(8-13)14-2)11-6-4-3-5-7-12/h9-13H,3-8H2,1-2H3. The van der Waals surface area contributed by atoms with Gasteiger partial charge in [-0.1, -0.05) is 0 Å². The third kappa shape index (κ3) is 6.65. The maximum absolute atomic E-state index is 9.04. The van der Waals surface area contributed by atoms with E-state index >= 15 is 0 Å². The summed E-state index contributed by atoms with van der Waals surface area (Å²) in [6.45, 7) is 3.59. The molecule has 0 rings (SSSR count). The molecule has 0 saturated carbocycles. The summed E-state index contributed by atoms with van der Waals surface area (Å²) >= 11 is 1.69. The van der Waals surface area contributed by atoms with Crippen LogP contribution >= 0.6 is 11.8 Å². The van der Waals surface area contributed by atoms with Gasteiger partial charge < -0.3 is 15.5 Å². The van der Waals surface area contributed by atoms with E-state index in [9.17, 15) is 0 Å². The van der Waals surface area contributed by atoms with Crippen molar-refractivity contribution in [3.8, 4) is 0 Å². The van der Waals surface area contributed by atoms with Gasteiger partial charge in [0.05, 0.1) is 6.61 Å². The molecule has 0 radical (unpaired) electrons. The summed E-state index contributed by atoms with van der Waals surface area (Å²) in [6.07, 6.45) is 5.07. The zero-order chi connectivity index (χ0) is 10.8. The Bertz CT molecular complexity index is 121. The zero-order valence-electron chi connectivity index (χ0n) is 9.20. The lowest BCUT2D eigenvalue weighted by atomic mass is 10.2. The molecule has 4 heteroatoms. The Labute approximate surface area is 91.3 Å². The van der Waals surface area contributed by atoms with Gasteiger partial charge in [0.2, 0.25) is 0 Å². The van der Waals surface area contributed by atoms with Crippen LogP contribution < -0.4 is 5.32 Å². The van der Waals surface area contributed by atoms with Crippen LogP contribution in [-0.2, 0) is 0 Å². The van der Waals surface area contributed by atoms with Crippen molar-refractivity contribution in [1.29, 1.82) is 0 Å². The quantitative estimate of drug-likeness (QED) is 0.505. The molecule has 0 spiro atoms. The van der Waals surface area contributed by atoms with Gasteiger partial charge in [-0.2, -0.15) is 11.8 Å². The smallest absolute Gasteiger partial charge is 0.0564 e. The maximum atomic E-state index is 9.04. The first kappa shape index (κ1) is 14.2. The van der Waals surface area contributed by atoms with Gasteiger partial charge in [-0.3, -0.25) is 0 Å². The normalized spacial score (nSPS) is 15.4. The highest BCUT2D eigenvalue weighted by atomic mass is 32.2. The number of thioether (sulfide) groups is 1. The SMILES string of the molecule is CSC(CO)C(C)NCCCCCO. The van der Waals surface area contributed by atoms with Gasteiger partial charge in [-0.15, -0.1) is 0 Å². The van der Waals surface area contributed by atoms with Crippen LogP contribution in [0.4, 0.5) is 0 Å². The van der Waals surface area contributed by atoms with Gasteiger partial charge in [0.1, 0.15) is 0 Å². The minimum Gasteiger partial charge on any atom is -0.396 e. The average Bonchev–Trinajstić information content (AvgIpc) is 2.19. The largest absolute Gasteiger partial charge is 0.396 e. The Morgan fingerprint density at radius 2 is 1.93 bits per heavy atom. The Hall–Kier alpha value is 0.230. The van der Waals surface area contributed by atoms with Crippen LogP contribution in [0.3, 0.4) is 0 Å². The topological polar surface area (TPSA) is 52.5 Å². The van der Waals surface area contributed by atoms with E-state index < -0.39 is 0 Å². The molecule has 86 valence electrons. The summed E-state index contributed by atoms with van der Waals surface area (Å²) < 4.78 is 0. The first-order valence-electron chi connectivity index (χ1n) is 5.24. The van der Waals surface area contributed by atoms with Crippen molar-refractivity contribution >= 4 is 11.8 Å². The summed E-state index contributed by atoms with van der Waals surface area (Å²) in [7, 11) is 0. The highest BCUT2D eigenvalue weighted by Gasteiger charge is 2.13. The van der Waals surface area contributed by atoms with Crippen LogP contribution in [0.5, 0.6) is 0 Å². The minimum atomic E-state index is 0.228. The highest BCUT2D eigenvalue weighted by molar-refractivity contribution is 7.99. The fraction of sp³-hybridized carbons (Fsp3) is 1.00. The molecule has 0 aromatic heterocycles. The molecular formula is C10H23NO2S. The second kappa shape index (κ2) is 9.77. The second-order valence-electron chi connectivity index (χ2n) is 3.48. The summed E-state index contributed by atoms with van der Waals surface area (Å²) in [5.74, 6) is 0. The monoisotopic (exact) mass is 221 g/mol. The number of rotatable bonds is 9. The Kier molecular flexibility index (Phi) is 9.93. The first-order valence-corrected chi connectivity index (χ1v) is 6.53. The molecule has 0 bridgehead atoms. The van der Waals surface area contributed by atoms with Gasteiger partial charge in [0.15, 0.2) is 0 Å². The molecule has 2 unspecified atom stereocenters. The number of hydrogen-bond acceptors (Lipinski definition) is 4. The summed E-state index contributed by atoms with van der Waals surface area (Å²) in [5.41, 5.74) is 0. The molecule has 0 aromatic carbocycles. The molecule has 0 aliphatic carbocycles. The fourth-order valence-corrected chi connectivity index (χ4v) is 1.97. The van der Waals surface area contributed by atoms with Gasteiger partial charge >= 0.3 is 0 Å². The van der Waals surface area contributed by atoms with Gasteiger partial charge in [0, 0.05) is 17.9 Å². The van der Waals surface area contributed by atoms with Crippen LogP contribution in [0.1, 0.15) is 26.2 Å². The van der Waals surface area contributed by atoms with E-state index in [-0.39, 0.29) is 11.9 Å². The van der Waals surface area contributed by atoms with E-state index in [2.05, 4.69) is 12.2 Å². The molecule has 0 aliphatic rings. The molecule has 0 aliphatic heterocycles. The van der Waals surface area contributed by atoms with Crippen LogP contribution in [-0.4, -0.2) is 47.5 Å². The van der Waals surface area contributed by atoms with E-state index in [1.165, 1.54) is 0 Å². The van der Waals surface area contributed by atoms with Gasteiger partial charge in [-0.05, 0) is 39.0 Å². The van der Waals surface area contributed by atoms with E-state index in [0.717, 1.165) is 25.8 Å². The van der Waals surface area contributed by atoms with Crippen molar-refractivity contribution < 1.29 is 10.2 Å². The molecule has 2 atom stereocenters. The molecule has 0 heterocycles. The van der Waals surface area contributed by atoms with Crippen LogP contribution in [0.2, 0.25) is 0 Å². The lowest BCUT2D eigenvalue weighted by Gasteiger charge is -2.21. The molecule has 3 N–H and O–H groups in total. The minimum absolute atomic E-state index is 0.228. The fourth-order valence-electron chi connectivity index (χ4n) is 1.31. The van der Waals surface area contributed by atoms with E-state index in [1.807, 2.05) is 6.26 Å². The van der Waals surface area contributed by atoms with Crippen molar-refractivity contribution in [1.82, 2.24) is 5.32 Å². The Morgan fingerprint density at radius 3 is 2.43 bits per heavy atom. The third-order valence-electron chi connectivity index (χ3n) is 2.34. The summed E-state index contributed by atoms with van der Waals surface area (Å²) in [5, 5.41) is 21.3. The van der Waals surface area contributed by atoms with Crippen LogP contribution in [0.15, 0.2) is 0 Å². The van der Waals surface area contributed by atoms with Crippen LogP contribution in [0, 0.1) is 0 Å². The van der Waals surface area contributed by atoms with Crippen molar-refractivity contribution in [2.45, 2.75) is 37.5 Å². The Morgan fingerprint density at radius 1 is 1.21 bits per heavy atom. The summed E-state index contributed by atoms with van der Waals surface area (Å²) in [4.78, 5) is 0. The molecule has 3 nitrogen and oxygen atoms in total. The van der Waals surface area contributed by atoms with Crippen molar-refractivity contribution in [3.05, 3.63) is 0 Å². The van der Waals surface area contributed by atoms with Gasteiger partial charge in [-0.25, -0.2) is 0 Å². The van der Waals surface area contributed by atoms with E-state index in [1.54, 1.807) is 11.8 Å². The average molecular weight is 221 g/mol. The summed E-state index contributed by atoms with van der Waals surface area (Å²) in [6, 6.07) is 0.351. The molecule has 14 heavy (non-hydrogen) atoms. The van der Waals surface area contributed by atoms with Gasteiger partial charge in [0.25, 0.3) is 0 Å². The van der Waals surface area contributed by atoms with Crippen molar-refractivity contribution in [3.63, 3.8) is 0 Å². The van der Waals surface area contributed by atoms with Crippen molar-refractivity contribution in [2.24, 2.45) is 0 Å². The van der Waals surface area contributed by atoms with E-state index in [0.29, 0.717) is 12.6 Å². The zero-order valence-corrected chi connectivity index (χ0v) is 10.0.